The largest absolute Gasteiger partial charge is 0.319 e. The second kappa shape index (κ2) is 5.50. The molecule has 1 amide bonds. The van der Waals surface area contributed by atoms with Gasteiger partial charge < -0.3 is 10.6 Å². The third-order valence-electron chi connectivity index (χ3n) is 2.16. The second-order valence-corrected chi connectivity index (χ2v) is 3.40. The number of aromatic nitrogens is 2. The van der Waals surface area contributed by atoms with Gasteiger partial charge in [0.05, 0.1) is 5.69 Å². The molecule has 0 aliphatic rings. The van der Waals surface area contributed by atoms with E-state index in [1.807, 2.05) is 27.1 Å². The number of aryl methyl sites for hydroxylation is 2. The molecule has 15 heavy (non-hydrogen) atoms. The van der Waals surface area contributed by atoms with Crippen LogP contribution in [-0.2, 0) is 18.3 Å². The van der Waals surface area contributed by atoms with E-state index in [4.69, 9.17) is 0 Å². The van der Waals surface area contributed by atoms with Crippen molar-refractivity contribution < 1.29 is 4.79 Å². The highest BCUT2D eigenvalue weighted by atomic mass is 16.1. The molecule has 5 nitrogen and oxygen atoms in total. The van der Waals surface area contributed by atoms with Crippen molar-refractivity contribution in [3.05, 3.63) is 11.8 Å². The molecule has 0 saturated carbocycles. The summed E-state index contributed by atoms with van der Waals surface area (Å²) in [5, 5.41) is 10.0. The molecule has 1 heterocycles. The first-order chi connectivity index (χ1) is 7.17. The summed E-state index contributed by atoms with van der Waals surface area (Å²) in [5.41, 5.74) is 0.987. The van der Waals surface area contributed by atoms with Crippen molar-refractivity contribution in [3.63, 3.8) is 0 Å². The van der Waals surface area contributed by atoms with Crippen molar-refractivity contribution in [2.75, 3.05) is 18.9 Å². The fourth-order valence-electron chi connectivity index (χ4n) is 1.26. The average Bonchev–Trinajstić information content (AvgIpc) is 2.57. The minimum atomic E-state index is 0.00926. The van der Waals surface area contributed by atoms with Gasteiger partial charge in [0, 0.05) is 26.1 Å². The molecule has 0 spiro atoms. The van der Waals surface area contributed by atoms with E-state index in [0.717, 1.165) is 17.9 Å². The fraction of sp³-hybridized carbons (Fsp3) is 0.600. The molecule has 1 aromatic rings. The molecule has 0 bridgehead atoms. The molecule has 2 N–H and O–H groups in total. The zero-order chi connectivity index (χ0) is 11.3. The molecule has 1 aromatic heterocycles. The first-order valence-corrected chi connectivity index (χ1v) is 5.14. The van der Waals surface area contributed by atoms with E-state index < -0.39 is 0 Å². The number of rotatable bonds is 5. The van der Waals surface area contributed by atoms with E-state index in [0.29, 0.717) is 13.0 Å². The normalized spacial score (nSPS) is 10.3. The van der Waals surface area contributed by atoms with Crippen molar-refractivity contribution in [1.29, 1.82) is 0 Å². The van der Waals surface area contributed by atoms with Gasteiger partial charge in [-0.05, 0) is 13.5 Å². The maximum atomic E-state index is 11.4. The summed E-state index contributed by atoms with van der Waals surface area (Å²) in [7, 11) is 3.65. The standard InChI is InChI=1S/C10H18N4O/c1-4-8-7-9(14(3)13-8)12-10(15)5-6-11-2/h7,11H,4-6H2,1-3H3,(H,12,15). The third-order valence-corrected chi connectivity index (χ3v) is 2.16. The van der Waals surface area contributed by atoms with Gasteiger partial charge in [-0.3, -0.25) is 9.48 Å². The molecule has 0 unspecified atom stereocenters. The lowest BCUT2D eigenvalue weighted by molar-refractivity contribution is -0.116. The lowest BCUT2D eigenvalue weighted by atomic mass is 10.3. The average molecular weight is 210 g/mol. The van der Waals surface area contributed by atoms with Crippen molar-refractivity contribution in [3.8, 4) is 0 Å². The Morgan fingerprint density at radius 3 is 2.87 bits per heavy atom. The molecule has 0 aliphatic carbocycles. The SMILES string of the molecule is CCc1cc(NC(=O)CCNC)n(C)n1. The summed E-state index contributed by atoms with van der Waals surface area (Å²) in [5.74, 6) is 0.767. The molecular weight excluding hydrogens is 192 g/mol. The molecule has 84 valence electrons. The van der Waals surface area contributed by atoms with Crippen LogP contribution in [0.1, 0.15) is 19.0 Å². The Balaban J connectivity index is 2.55. The number of nitrogens with one attached hydrogen (secondary N) is 2. The van der Waals surface area contributed by atoms with Crippen molar-refractivity contribution in [2.24, 2.45) is 7.05 Å². The van der Waals surface area contributed by atoms with Crippen LogP contribution in [0.15, 0.2) is 6.07 Å². The molecule has 0 radical (unpaired) electrons. The van der Waals surface area contributed by atoms with Gasteiger partial charge in [-0.25, -0.2) is 0 Å². The van der Waals surface area contributed by atoms with Gasteiger partial charge in [-0.1, -0.05) is 6.92 Å². The lowest BCUT2D eigenvalue weighted by Gasteiger charge is -2.04. The highest BCUT2D eigenvalue weighted by Crippen LogP contribution is 2.09. The summed E-state index contributed by atoms with van der Waals surface area (Å²) in [4.78, 5) is 11.4. The Morgan fingerprint density at radius 2 is 2.33 bits per heavy atom. The molecule has 0 fully saturated rings. The number of carbonyl (C=O) groups is 1. The lowest BCUT2D eigenvalue weighted by Crippen LogP contribution is -2.19. The monoisotopic (exact) mass is 210 g/mol. The van der Waals surface area contributed by atoms with E-state index in [9.17, 15) is 4.79 Å². The van der Waals surface area contributed by atoms with Crippen LogP contribution in [0.5, 0.6) is 0 Å². The molecule has 0 saturated heterocycles. The van der Waals surface area contributed by atoms with Gasteiger partial charge in [0.25, 0.3) is 0 Å². The summed E-state index contributed by atoms with van der Waals surface area (Å²) < 4.78 is 1.69. The number of carbonyl (C=O) groups excluding carboxylic acids is 1. The third kappa shape index (κ3) is 3.36. The number of amides is 1. The first-order valence-electron chi connectivity index (χ1n) is 5.14. The van der Waals surface area contributed by atoms with E-state index in [2.05, 4.69) is 15.7 Å². The zero-order valence-corrected chi connectivity index (χ0v) is 9.50. The van der Waals surface area contributed by atoms with Crippen LogP contribution in [0, 0.1) is 0 Å². The van der Waals surface area contributed by atoms with Crippen LogP contribution in [0.25, 0.3) is 0 Å². The molecule has 1 rings (SSSR count). The number of hydrogen-bond acceptors (Lipinski definition) is 3. The first kappa shape index (κ1) is 11.7. The predicted molar refractivity (Wildman–Crippen MR) is 59.8 cm³/mol. The summed E-state index contributed by atoms with van der Waals surface area (Å²) in [6.07, 6.45) is 1.35. The van der Waals surface area contributed by atoms with Crippen LogP contribution < -0.4 is 10.6 Å². The Bertz CT molecular complexity index is 332. The number of anilines is 1. The Morgan fingerprint density at radius 1 is 1.60 bits per heavy atom. The Hall–Kier alpha value is -1.36. The second-order valence-electron chi connectivity index (χ2n) is 3.40. The predicted octanol–water partition coefficient (Wildman–Crippen LogP) is 0.530. The smallest absolute Gasteiger partial charge is 0.226 e. The molecule has 5 heteroatoms. The highest BCUT2D eigenvalue weighted by Gasteiger charge is 2.06. The minimum absolute atomic E-state index is 0.00926. The van der Waals surface area contributed by atoms with Crippen LogP contribution in [-0.4, -0.2) is 29.3 Å². The van der Waals surface area contributed by atoms with Crippen LogP contribution >= 0.6 is 0 Å². The minimum Gasteiger partial charge on any atom is -0.319 e. The zero-order valence-electron chi connectivity index (χ0n) is 9.50. The van der Waals surface area contributed by atoms with Gasteiger partial charge in [0.15, 0.2) is 0 Å². The maximum absolute atomic E-state index is 11.4. The van der Waals surface area contributed by atoms with E-state index >= 15 is 0 Å². The molecule has 0 atom stereocenters. The van der Waals surface area contributed by atoms with Gasteiger partial charge in [-0.2, -0.15) is 5.10 Å². The van der Waals surface area contributed by atoms with Gasteiger partial charge >= 0.3 is 0 Å². The van der Waals surface area contributed by atoms with Gasteiger partial charge in [0.2, 0.25) is 5.91 Å². The highest BCUT2D eigenvalue weighted by molar-refractivity contribution is 5.90. The van der Waals surface area contributed by atoms with Gasteiger partial charge in [0.1, 0.15) is 5.82 Å². The number of nitrogens with zero attached hydrogens (tertiary/aromatic N) is 2. The van der Waals surface area contributed by atoms with Crippen molar-refractivity contribution in [2.45, 2.75) is 19.8 Å². The van der Waals surface area contributed by atoms with Crippen LogP contribution in [0.3, 0.4) is 0 Å². The quantitative estimate of drug-likeness (QED) is 0.745. The number of hydrogen-bond donors (Lipinski definition) is 2. The topological polar surface area (TPSA) is 59.0 Å². The van der Waals surface area contributed by atoms with Gasteiger partial charge in [-0.15, -0.1) is 0 Å². The maximum Gasteiger partial charge on any atom is 0.226 e. The summed E-state index contributed by atoms with van der Waals surface area (Å²) in [6.45, 7) is 2.72. The van der Waals surface area contributed by atoms with E-state index in [1.54, 1.807) is 4.68 Å². The van der Waals surface area contributed by atoms with E-state index in [-0.39, 0.29) is 5.91 Å². The molecule has 0 aliphatic heterocycles. The fourth-order valence-corrected chi connectivity index (χ4v) is 1.26. The summed E-state index contributed by atoms with van der Waals surface area (Å²) >= 11 is 0. The van der Waals surface area contributed by atoms with Crippen molar-refractivity contribution in [1.82, 2.24) is 15.1 Å². The molecule has 0 aromatic carbocycles. The van der Waals surface area contributed by atoms with Crippen LogP contribution in [0.4, 0.5) is 5.82 Å². The van der Waals surface area contributed by atoms with Crippen LogP contribution in [0.2, 0.25) is 0 Å². The van der Waals surface area contributed by atoms with E-state index in [1.165, 1.54) is 0 Å². The summed E-state index contributed by atoms with van der Waals surface area (Å²) in [6, 6.07) is 1.90. The Labute approximate surface area is 89.9 Å². The molecular formula is C10H18N4O. The Kier molecular flexibility index (Phi) is 4.30. The van der Waals surface area contributed by atoms with Crippen molar-refractivity contribution >= 4 is 11.7 Å².